The third-order valence-corrected chi connectivity index (χ3v) is 4.19. The predicted octanol–water partition coefficient (Wildman–Crippen LogP) is 3.25. The van der Waals surface area contributed by atoms with Crippen molar-refractivity contribution >= 4 is 23.5 Å². The first-order valence-electron chi connectivity index (χ1n) is 7.84. The monoisotopic (exact) mass is 344 g/mol. The summed E-state index contributed by atoms with van der Waals surface area (Å²) in [5.74, 6) is -2.14. The number of aromatic nitrogens is 1. The zero-order valence-corrected chi connectivity index (χ0v) is 13.4. The second kappa shape index (κ2) is 5.93. The van der Waals surface area contributed by atoms with Gasteiger partial charge in [0.2, 0.25) is 0 Å². The molecule has 0 bridgehead atoms. The quantitative estimate of drug-likeness (QED) is 0.737. The number of carbonyl (C=O) groups is 3. The van der Waals surface area contributed by atoms with E-state index in [-0.39, 0.29) is 22.4 Å². The molecule has 0 aliphatic carbocycles. The highest BCUT2D eigenvalue weighted by atomic mass is 16.4. The second-order valence-electron chi connectivity index (χ2n) is 5.78. The first kappa shape index (κ1) is 15.7. The van der Waals surface area contributed by atoms with Crippen LogP contribution in [0.4, 0.5) is 5.69 Å². The van der Waals surface area contributed by atoms with Crippen LogP contribution in [0.3, 0.4) is 0 Å². The molecule has 1 aliphatic rings. The van der Waals surface area contributed by atoms with E-state index < -0.39 is 17.8 Å². The molecule has 1 aliphatic heterocycles. The van der Waals surface area contributed by atoms with Crippen molar-refractivity contribution in [3.63, 3.8) is 0 Å². The normalized spacial score (nSPS) is 13.0. The van der Waals surface area contributed by atoms with Crippen LogP contribution in [0.25, 0.3) is 11.3 Å². The van der Waals surface area contributed by atoms with Gasteiger partial charge in [-0.2, -0.15) is 0 Å². The topological polar surface area (TPSA) is 87.6 Å². The summed E-state index contributed by atoms with van der Waals surface area (Å²) in [6.07, 6.45) is 1.39. The Labute approximate surface area is 148 Å². The molecule has 0 spiro atoms. The number of nitrogens with zero attached hydrogens (tertiary/aromatic N) is 2. The minimum Gasteiger partial charge on any atom is -0.478 e. The SMILES string of the molecule is O=C(O)c1cccc(N2C(=O)c3cnc(-c4ccccc4)cc3C2=O)c1. The van der Waals surface area contributed by atoms with E-state index in [1.165, 1.54) is 30.5 Å². The van der Waals surface area contributed by atoms with Gasteiger partial charge < -0.3 is 5.11 Å². The van der Waals surface area contributed by atoms with Gasteiger partial charge in [0, 0.05) is 11.8 Å². The zero-order chi connectivity index (χ0) is 18.3. The standard InChI is InChI=1S/C20H12N2O4/c23-18-15-10-17(12-5-2-1-3-6-12)21-11-16(15)19(24)22(18)14-8-4-7-13(9-14)20(25)26/h1-11H,(H,25,26). The van der Waals surface area contributed by atoms with Gasteiger partial charge in [-0.15, -0.1) is 0 Å². The minimum absolute atomic E-state index is 0.00200. The first-order valence-corrected chi connectivity index (χ1v) is 7.84. The number of anilines is 1. The van der Waals surface area contributed by atoms with Crippen LogP contribution < -0.4 is 4.90 Å². The van der Waals surface area contributed by atoms with Crippen molar-refractivity contribution in [1.82, 2.24) is 4.98 Å². The number of hydrogen-bond donors (Lipinski definition) is 1. The summed E-state index contributed by atoms with van der Waals surface area (Å²) in [6, 6.07) is 16.6. The van der Waals surface area contributed by atoms with Gasteiger partial charge in [0.25, 0.3) is 11.8 Å². The van der Waals surface area contributed by atoms with E-state index in [1.54, 1.807) is 6.07 Å². The molecular formula is C20H12N2O4. The summed E-state index contributed by atoms with van der Waals surface area (Å²) in [7, 11) is 0. The van der Waals surface area contributed by atoms with E-state index in [9.17, 15) is 14.4 Å². The van der Waals surface area contributed by atoms with Crippen molar-refractivity contribution in [2.45, 2.75) is 0 Å². The van der Waals surface area contributed by atoms with Crippen LogP contribution in [0.2, 0.25) is 0 Å². The lowest BCUT2D eigenvalue weighted by atomic mass is 10.1. The Morgan fingerprint density at radius 1 is 0.885 bits per heavy atom. The van der Waals surface area contributed by atoms with Crippen LogP contribution in [-0.2, 0) is 0 Å². The Balaban J connectivity index is 1.77. The highest BCUT2D eigenvalue weighted by Crippen LogP contribution is 2.30. The van der Waals surface area contributed by atoms with Crippen LogP contribution >= 0.6 is 0 Å². The Morgan fingerprint density at radius 3 is 2.35 bits per heavy atom. The summed E-state index contributed by atoms with van der Waals surface area (Å²) >= 11 is 0. The van der Waals surface area contributed by atoms with Gasteiger partial charge in [-0.3, -0.25) is 14.6 Å². The van der Waals surface area contributed by atoms with Crippen LogP contribution in [0.15, 0.2) is 66.9 Å². The van der Waals surface area contributed by atoms with Crippen molar-refractivity contribution in [3.8, 4) is 11.3 Å². The van der Waals surface area contributed by atoms with Gasteiger partial charge >= 0.3 is 5.97 Å². The summed E-state index contributed by atoms with van der Waals surface area (Å²) in [6.45, 7) is 0. The highest BCUT2D eigenvalue weighted by Gasteiger charge is 2.37. The maximum absolute atomic E-state index is 12.8. The van der Waals surface area contributed by atoms with E-state index in [0.717, 1.165) is 10.5 Å². The Kier molecular flexibility index (Phi) is 3.58. The Bertz CT molecular complexity index is 1060. The van der Waals surface area contributed by atoms with Gasteiger partial charge in [0.1, 0.15) is 0 Å². The number of carboxylic acids is 1. The molecule has 6 heteroatoms. The summed E-state index contributed by atoms with van der Waals surface area (Å²) in [5, 5.41) is 9.12. The number of carboxylic acid groups (broad SMARTS) is 1. The molecule has 126 valence electrons. The van der Waals surface area contributed by atoms with Gasteiger partial charge in [-0.1, -0.05) is 36.4 Å². The second-order valence-corrected chi connectivity index (χ2v) is 5.78. The molecule has 1 N–H and O–H groups in total. The molecule has 0 saturated carbocycles. The Morgan fingerprint density at radius 2 is 1.62 bits per heavy atom. The number of fused-ring (bicyclic) bond motifs is 1. The molecule has 0 atom stereocenters. The predicted molar refractivity (Wildman–Crippen MR) is 94.2 cm³/mol. The molecule has 0 unspecified atom stereocenters. The van der Waals surface area contributed by atoms with Crippen LogP contribution in [0.1, 0.15) is 31.1 Å². The van der Waals surface area contributed by atoms with E-state index in [2.05, 4.69) is 4.98 Å². The first-order chi connectivity index (χ1) is 12.6. The van der Waals surface area contributed by atoms with Crippen molar-refractivity contribution in [2.75, 3.05) is 4.90 Å². The number of amides is 2. The van der Waals surface area contributed by atoms with Crippen molar-refractivity contribution in [3.05, 3.63) is 83.6 Å². The average molecular weight is 344 g/mol. The number of hydrogen-bond acceptors (Lipinski definition) is 4. The van der Waals surface area contributed by atoms with Gasteiger partial charge in [-0.25, -0.2) is 9.69 Å². The maximum Gasteiger partial charge on any atom is 0.335 e. The molecule has 26 heavy (non-hydrogen) atoms. The lowest BCUT2D eigenvalue weighted by molar-refractivity contribution is 0.0695. The van der Waals surface area contributed by atoms with Gasteiger partial charge in [0.15, 0.2) is 0 Å². The lowest BCUT2D eigenvalue weighted by Gasteiger charge is -2.14. The molecule has 0 radical (unpaired) electrons. The number of rotatable bonds is 3. The van der Waals surface area contributed by atoms with Crippen molar-refractivity contribution < 1.29 is 19.5 Å². The van der Waals surface area contributed by atoms with E-state index in [0.29, 0.717) is 5.69 Å². The largest absolute Gasteiger partial charge is 0.478 e. The van der Waals surface area contributed by atoms with E-state index in [1.807, 2.05) is 30.3 Å². The summed E-state index contributed by atoms with van der Waals surface area (Å²) < 4.78 is 0. The van der Waals surface area contributed by atoms with Crippen molar-refractivity contribution in [1.29, 1.82) is 0 Å². The number of aromatic carboxylic acids is 1. The molecule has 0 saturated heterocycles. The molecule has 3 aromatic rings. The maximum atomic E-state index is 12.8. The van der Waals surface area contributed by atoms with E-state index >= 15 is 0 Å². The number of benzene rings is 2. The van der Waals surface area contributed by atoms with Crippen LogP contribution in [0.5, 0.6) is 0 Å². The molecule has 2 aromatic carbocycles. The molecule has 6 nitrogen and oxygen atoms in total. The molecule has 1 aromatic heterocycles. The fourth-order valence-electron chi connectivity index (χ4n) is 2.92. The fraction of sp³-hybridized carbons (Fsp3) is 0. The summed E-state index contributed by atoms with van der Waals surface area (Å²) in [4.78, 5) is 41.9. The minimum atomic E-state index is -1.13. The van der Waals surface area contributed by atoms with Crippen molar-refractivity contribution in [2.24, 2.45) is 0 Å². The number of pyridine rings is 1. The highest BCUT2D eigenvalue weighted by molar-refractivity contribution is 6.34. The van der Waals surface area contributed by atoms with Crippen LogP contribution in [-0.4, -0.2) is 27.9 Å². The third-order valence-electron chi connectivity index (χ3n) is 4.19. The number of carbonyl (C=O) groups excluding carboxylic acids is 2. The fourth-order valence-corrected chi connectivity index (χ4v) is 2.92. The zero-order valence-electron chi connectivity index (χ0n) is 13.4. The smallest absolute Gasteiger partial charge is 0.335 e. The molecule has 2 amide bonds. The van der Waals surface area contributed by atoms with E-state index in [4.69, 9.17) is 5.11 Å². The Hall–Kier alpha value is -3.80. The van der Waals surface area contributed by atoms with Gasteiger partial charge in [-0.05, 0) is 24.3 Å². The third kappa shape index (κ3) is 2.44. The molecule has 0 fully saturated rings. The average Bonchev–Trinajstić information content (AvgIpc) is 2.92. The lowest BCUT2D eigenvalue weighted by Crippen LogP contribution is -2.29. The molecular weight excluding hydrogens is 332 g/mol. The number of imide groups is 1. The summed E-state index contributed by atoms with van der Waals surface area (Å²) in [5.41, 5.74) is 2.10. The van der Waals surface area contributed by atoms with Gasteiger partial charge in [0.05, 0.1) is 28.1 Å². The molecule has 2 heterocycles. The molecule has 4 rings (SSSR count). The van der Waals surface area contributed by atoms with Crippen LogP contribution in [0, 0.1) is 0 Å².